The average molecular weight is 343 g/mol. The predicted octanol–water partition coefficient (Wildman–Crippen LogP) is 4.92. The molecule has 108 valence electrons. The van der Waals surface area contributed by atoms with Crippen LogP contribution in [0.1, 0.15) is 0 Å². The topological polar surface area (TPSA) is 49.8 Å². The summed E-state index contributed by atoms with van der Waals surface area (Å²) in [5.74, 6) is 0.458. The number of benzene rings is 1. The maximum atomic E-state index is 13.4. The van der Waals surface area contributed by atoms with Crippen molar-refractivity contribution in [1.29, 1.82) is 0 Å². The Balaban J connectivity index is 2.07. The van der Waals surface area contributed by atoms with Crippen LogP contribution in [0.15, 0.2) is 23.6 Å². The van der Waals surface area contributed by atoms with Gasteiger partial charge in [0.25, 0.3) is 0 Å². The summed E-state index contributed by atoms with van der Waals surface area (Å²) in [6, 6.07) is 4.83. The number of nitrogens with zero attached hydrogens (tertiary/aromatic N) is 2. The van der Waals surface area contributed by atoms with Crippen molar-refractivity contribution in [3.63, 3.8) is 0 Å². The van der Waals surface area contributed by atoms with Crippen molar-refractivity contribution in [2.24, 2.45) is 0 Å². The van der Waals surface area contributed by atoms with Gasteiger partial charge in [-0.25, -0.2) is 9.37 Å². The van der Waals surface area contributed by atoms with Crippen molar-refractivity contribution in [3.05, 3.63) is 39.4 Å². The second-order valence-corrected chi connectivity index (χ2v) is 5.87. The van der Waals surface area contributed by atoms with Crippen molar-refractivity contribution < 1.29 is 4.39 Å². The van der Waals surface area contributed by atoms with Crippen molar-refractivity contribution in [2.45, 2.75) is 0 Å². The molecule has 2 N–H and O–H groups in total. The van der Waals surface area contributed by atoms with E-state index in [9.17, 15) is 4.39 Å². The minimum atomic E-state index is -0.636. The highest BCUT2D eigenvalue weighted by Gasteiger charge is 2.11. The molecule has 21 heavy (non-hydrogen) atoms. The average Bonchev–Trinajstić information content (AvgIpc) is 2.93. The molecule has 3 aromatic rings. The van der Waals surface area contributed by atoms with Crippen molar-refractivity contribution >= 4 is 62.2 Å². The molecule has 0 aliphatic carbocycles. The maximum absolute atomic E-state index is 13.4. The van der Waals surface area contributed by atoms with Gasteiger partial charge in [-0.1, -0.05) is 23.2 Å². The van der Waals surface area contributed by atoms with Crippen LogP contribution in [0, 0.1) is 5.82 Å². The zero-order chi connectivity index (χ0) is 15.0. The van der Waals surface area contributed by atoms with Crippen LogP contribution in [-0.4, -0.2) is 17.0 Å². The van der Waals surface area contributed by atoms with Gasteiger partial charge < -0.3 is 10.6 Å². The first-order chi connectivity index (χ1) is 10.1. The normalized spacial score (nSPS) is 10.9. The van der Waals surface area contributed by atoms with E-state index in [0.717, 1.165) is 10.2 Å². The summed E-state index contributed by atoms with van der Waals surface area (Å²) in [6.07, 6.45) is 0. The van der Waals surface area contributed by atoms with Crippen LogP contribution in [0.5, 0.6) is 0 Å². The number of hydrogen-bond donors (Lipinski definition) is 2. The lowest BCUT2D eigenvalue weighted by Gasteiger charge is -2.10. The van der Waals surface area contributed by atoms with E-state index in [0.29, 0.717) is 17.5 Å². The number of hydrogen-bond acceptors (Lipinski definition) is 5. The first-order valence-corrected chi connectivity index (χ1v) is 7.56. The molecule has 0 aliphatic rings. The van der Waals surface area contributed by atoms with E-state index in [2.05, 4.69) is 20.6 Å². The van der Waals surface area contributed by atoms with Gasteiger partial charge in [0.15, 0.2) is 5.82 Å². The Labute approximate surface area is 133 Å². The summed E-state index contributed by atoms with van der Waals surface area (Å²) < 4.78 is 13.4. The molecule has 4 nitrogen and oxygen atoms in total. The molecule has 0 amide bonds. The molecule has 0 saturated carbocycles. The molecule has 0 radical (unpaired) electrons. The Kier molecular flexibility index (Phi) is 3.84. The highest BCUT2D eigenvalue weighted by molar-refractivity contribution is 7.16. The monoisotopic (exact) mass is 342 g/mol. The third-order valence-corrected chi connectivity index (χ3v) is 4.15. The fourth-order valence-corrected chi connectivity index (χ4v) is 3.08. The van der Waals surface area contributed by atoms with Crippen LogP contribution in [0.3, 0.4) is 0 Å². The highest BCUT2D eigenvalue weighted by Crippen LogP contribution is 2.32. The lowest BCUT2D eigenvalue weighted by molar-refractivity contribution is 0.629. The molecule has 2 aromatic heterocycles. The Morgan fingerprint density at radius 3 is 2.57 bits per heavy atom. The summed E-state index contributed by atoms with van der Waals surface area (Å²) in [5.41, 5.74) is 0.555. The SMILES string of the molecule is CNc1nc(Nc2cc(Cl)c(F)c(Cl)c2)c2ccsc2n1. The van der Waals surface area contributed by atoms with Crippen LogP contribution in [0.25, 0.3) is 10.2 Å². The van der Waals surface area contributed by atoms with Gasteiger partial charge in [0, 0.05) is 12.7 Å². The number of rotatable bonds is 3. The maximum Gasteiger partial charge on any atom is 0.225 e. The van der Waals surface area contributed by atoms with E-state index in [4.69, 9.17) is 23.2 Å². The van der Waals surface area contributed by atoms with Crippen molar-refractivity contribution in [3.8, 4) is 0 Å². The Morgan fingerprint density at radius 1 is 1.19 bits per heavy atom. The molecule has 0 fully saturated rings. The van der Waals surface area contributed by atoms with E-state index >= 15 is 0 Å². The third-order valence-electron chi connectivity index (χ3n) is 2.80. The molecule has 1 aromatic carbocycles. The summed E-state index contributed by atoms with van der Waals surface area (Å²) >= 11 is 13.1. The van der Waals surface area contributed by atoms with Crippen molar-refractivity contribution in [1.82, 2.24) is 9.97 Å². The first-order valence-electron chi connectivity index (χ1n) is 5.93. The number of thiophene rings is 1. The van der Waals surface area contributed by atoms with Gasteiger partial charge in [0.2, 0.25) is 5.95 Å². The fourth-order valence-electron chi connectivity index (χ4n) is 1.83. The smallest absolute Gasteiger partial charge is 0.225 e. The lowest BCUT2D eigenvalue weighted by atomic mass is 10.3. The fraction of sp³-hybridized carbons (Fsp3) is 0.0769. The van der Waals surface area contributed by atoms with Gasteiger partial charge in [-0.05, 0) is 23.6 Å². The molecular formula is C13H9Cl2FN4S. The molecule has 0 unspecified atom stereocenters. The standard InChI is InChI=1S/C13H9Cl2FN4S/c1-17-13-19-11(7-2-3-21-12(7)20-13)18-6-4-8(14)10(16)9(15)5-6/h2-5H,1H3,(H2,17,18,19,20). The van der Waals surface area contributed by atoms with Crippen LogP contribution in [0.4, 0.5) is 21.8 Å². The number of aromatic nitrogens is 2. The minimum Gasteiger partial charge on any atom is -0.357 e. The van der Waals surface area contributed by atoms with Gasteiger partial charge in [0.05, 0.1) is 15.4 Å². The first kappa shape index (κ1) is 14.3. The number of nitrogens with one attached hydrogen (secondary N) is 2. The second-order valence-electron chi connectivity index (χ2n) is 4.16. The van der Waals surface area contributed by atoms with E-state index in [1.165, 1.54) is 23.5 Å². The zero-order valence-corrected chi connectivity index (χ0v) is 13.1. The van der Waals surface area contributed by atoms with Gasteiger partial charge in [0.1, 0.15) is 10.6 Å². The summed E-state index contributed by atoms with van der Waals surface area (Å²) in [4.78, 5) is 9.56. The highest BCUT2D eigenvalue weighted by atomic mass is 35.5. The molecule has 2 heterocycles. The van der Waals surface area contributed by atoms with E-state index in [-0.39, 0.29) is 10.0 Å². The van der Waals surface area contributed by atoms with E-state index < -0.39 is 5.82 Å². The predicted molar refractivity (Wildman–Crippen MR) is 86.7 cm³/mol. The van der Waals surface area contributed by atoms with Gasteiger partial charge in [-0.2, -0.15) is 4.98 Å². The van der Waals surface area contributed by atoms with Crippen LogP contribution in [0.2, 0.25) is 10.0 Å². The Hall–Kier alpha value is -1.63. The van der Waals surface area contributed by atoms with Crippen LogP contribution in [-0.2, 0) is 0 Å². The molecule has 0 bridgehead atoms. The molecule has 3 rings (SSSR count). The summed E-state index contributed by atoms with van der Waals surface area (Å²) in [5, 5.41) is 8.70. The molecular weight excluding hydrogens is 334 g/mol. The van der Waals surface area contributed by atoms with E-state index in [1.807, 2.05) is 11.4 Å². The summed E-state index contributed by atoms with van der Waals surface area (Å²) in [7, 11) is 1.74. The zero-order valence-electron chi connectivity index (χ0n) is 10.7. The number of anilines is 3. The van der Waals surface area contributed by atoms with Gasteiger partial charge in [-0.3, -0.25) is 0 Å². The molecule has 8 heteroatoms. The van der Waals surface area contributed by atoms with Crippen LogP contribution >= 0.6 is 34.5 Å². The molecule has 0 spiro atoms. The van der Waals surface area contributed by atoms with Gasteiger partial charge >= 0.3 is 0 Å². The minimum absolute atomic E-state index is 0.0468. The van der Waals surface area contributed by atoms with E-state index in [1.54, 1.807) is 7.05 Å². The quantitative estimate of drug-likeness (QED) is 0.663. The molecule has 0 atom stereocenters. The van der Waals surface area contributed by atoms with Gasteiger partial charge in [-0.15, -0.1) is 11.3 Å². The molecule has 0 saturated heterocycles. The molecule has 0 aliphatic heterocycles. The van der Waals surface area contributed by atoms with Crippen LogP contribution < -0.4 is 10.6 Å². The van der Waals surface area contributed by atoms with Crippen molar-refractivity contribution in [2.75, 3.05) is 17.7 Å². The summed E-state index contributed by atoms with van der Waals surface area (Å²) in [6.45, 7) is 0. The second kappa shape index (κ2) is 5.63. The number of fused-ring (bicyclic) bond motifs is 1. The Morgan fingerprint density at radius 2 is 1.90 bits per heavy atom. The number of halogens is 3. The third kappa shape index (κ3) is 2.74. The largest absolute Gasteiger partial charge is 0.357 e. The Bertz CT molecular complexity index is 798. The lowest BCUT2D eigenvalue weighted by Crippen LogP contribution is -2.01.